The number of likely N-dealkylation sites (tertiary alicyclic amines) is 1. The molecule has 1 atom stereocenters. The Hall–Kier alpha value is -0.570. The summed E-state index contributed by atoms with van der Waals surface area (Å²) in [5.74, 6) is 0.833. The number of hydrogen-bond acceptors (Lipinski definition) is 2. The highest BCUT2D eigenvalue weighted by molar-refractivity contribution is 5.78. The first-order valence-electron chi connectivity index (χ1n) is 3.98. The average Bonchev–Trinajstić information content (AvgIpc) is 2.10. The molecule has 0 aliphatic carbocycles. The normalized spacial score (nSPS) is 25.3. The van der Waals surface area contributed by atoms with Crippen molar-refractivity contribution in [1.82, 2.24) is 9.80 Å². The number of hydrogen-bond donors (Lipinski definition) is 0. The third kappa shape index (κ3) is 2.19. The number of nitrogens with zero attached hydrogens (tertiary/aromatic N) is 2. The minimum atomic E-state index is 0.289. The van der Waals surface area contributed by atoms with Gasteiger partial charge in [0.2, 0.25) is 5.91 Å². The maximum atomic E-state index is 11.1. The lowest BCUT2D eigenvalue weighted by molar-refractivity contribution is -0.126. The van der Waals surface area contributed by atoms with Crippen LogP contribution in [0.3, 0.4) is 0 Å². The van der Waals surface area contributed by atoms with Gasteiger partial charge in [0.25, 0.3) is 0 Å². The van der Waals surface area contributed by atoms with Crippen LogP contribution in [0.5, 0.6) is 0 Å². The molecule has 3 nitrogen and oxygen atoms in total. The summed E-state index contributed by atoms with van der Waals surface area (Å²) in [4.78, 5) is 15.0. The van der Waals surface area contributed by atoms with Gasteiger partial charge in [-0.1, -0.05) is 0 Å². The van der Waals surface area contributed by atoms with Gasteiger partial charge in [-0.3, -0.25) is 4.79 Å². The molecule has 1 aliphatic heterocycles. The van der Waals surface area contributed by atoms with Crippen LogP contribution in [-0.2, 0) is 4.79 Å². The number of carbonyl (C=O) groups is 1. The molecule has 0 aromatic rings. The summed E-state index contributed by atoms with van der Waals surface area (Å²) in [7, 11) is 5.96. The monoisotopic (exact) mass is 156 g/mol. The number of amides is 1. The molecule has 1 rings (SSSR count). The highest BCUT2D eigenvalue weighted by Crippen LogP contribution is 2.15. The van der Waals surface area contributed by atoms with E-state index in [0.717, 1.165) is 19.5 Å². The van der Waals surface area contributed by atoms with Crippen molar-refractivity contribution in [3.63, 3.8) is 0 Å². The highest BCUT2D eigenvalue weighted by atomic mass is 16.2. The quantitative estimate of drug-likeness (QED) is 0.563. The molecule has 1 aliphatic rings. The van der Waals surface area contributed by atoms with Gasteiger partial charge in [-0.15, -0.1) is 0 Å². The summed E-state index contributed by atoms with van der Waals surface area (Å²) in [6, 6.07) is 0. The molecule has 0 N–H and O–H groups in total. The minimum Gasteiger partial charge on any atom is -0.345 e. The lowest BCUT2D eigenvalue weighted by Crippen LogP contribution is -2.24. The summed E-state index contributed by atoms with van der Waals surface area (Å²) >= 11 is 0. The first-order chi connectivity index (χ1) is 5.09. The standard InChI is InChI=1S/C8H16N2O/c1-9(2)5-7-4-8(11)10(3)6-7/h7H,4-6H2,1-3H3. The van der Waals surface area contributed by atoms with Crippen LogP contribution in [-0.4, -0.2) is 49.9 Å². The highest BCUT2D eigenvalue weighted by Gasteiger charge is 2.26. The second kappa shape index (κ2) is 3.22. The Balaban J connectivity index is 2.35. The van der Waals surface area contributed by atoms with E-state index in [1.165, 1.54) is 0 Å². The molecule has 0 bridgehead atoms. The van der Waals surface area contributed by atoms with Crippen LogP contribution in [0.2, 0.25) is 0 Å². The van der Waals surface area contributed by atoms with E-state index in [1.54, 1.807) is 0 Å². The fourth-order valence-corrected chi connectivity index (χ4v) is 1.60. The van der Waals surface area contributed by atoms with Crippen molar-refractivity contribution in [2.75, 3.05) is 34.2 Å². The molecule has 1 amide bonds. The third-order valence-corrected chi connectivity index (χ3v) is 2.04. The smallest absolute Gasteiger partial charge is 0.222 e. The van der Waals surface area contributed by atoms with Gasteiger partial charge in [0.05, 0.1) is 0 Å². The van der Waals surface area contributed by atoms with Crippen molar-refractivity contribution >= 4 is 5.91 Å². The van der Waals surface area contributed by atoms with Crippen LogP contribution in [0.4, 0.5) is 0 Å². The van der Waals surface area contributed by atoms with Crippen LogP contribution < -0.4 is 0 Å². The second-order valence-corrected chi connectivity index (χ2v) is 3.61. The Morgan fingerprint density at radius 2 is 2.27 bits per heavy atom. The molecule has 0 aromatic heterocycles. The fraction of sp³-hybridized carbons (Fsp3) is 0.875. The molecule has 0 saturated carbocycles. The molecular formula is C8H16N2O. The third-order valence-electron chi connectivity index (χ3n) is 2.04. The molecule has 1 heterocycles. The maximum Gasteiger partial charge on any atom is 0.222 e. The summed E-state index contributed by atoms with van der Waals surface area (Å²) in [6.45, 7) is 1.95. The lowest BCUT2D eigenvalue weighted by Gasteiger charge is -2.14. The predicted octanol–water partition coefficient (Wildman–Crippen LogP) is 0.0263. The number of carbonyl (C=O) groups excluding carboxylic acids is 1. The van der Waals surface area contributed by atoms with Gasteiger partial charge in [-0.2, -0.15) is 0 Å². The first-order valence-corrected chi connectivity index (χ1v) is 3.98. The molecule has 64 valence electrons. The maximum absolute atomic E-state index is 11.1. The van der Waals surface area contributed by atoms with E-state index in [2.05, 4.69) is 4.90 Å². The van der Waals surface area contributed by atoms with Gasteiger partial charge in [0, 0.05) is 26.6 Å². The molecule has 0 aromatic carbocycles. The Morgan fingerprint density at radius 1 is 1.64 bits per heavy atom. The average molecular weight is 156 g/mol. The fourth-order valence-electron chi connectivity index (χ4n) is 1.60. The van der Waals surface area contributed by atoms with Gasteiger partial charge in [0.15, 0.2) is 0 Å². The summed E-state index contributed by atoms with van der Waals surface area (Å²) in [6.07, 6.45) is 0.731. The number of rotatable bonds is 2. The van der Waals surface area contributed by atoms with Crippen molar-refractivity contribution in [3.8, 4) is 0 Å². The van der Waals surface area contributed by atoms with Crippen molar-refractivity contribution in [2.45, 2.75) is 6.42 Å². The van der Waals surface area contributed by atoms with Crippen molar-refractivity contribution < 1.29 is 4.79 Å². The van der Waals surface area contributed by atoms with E-state index in [-0.39, 0.29) is 5.91 Å². The van der Waals surface area contributed by atoms with E-state index in [1.807, 2.05) is 26.0 Å². The second-order valence-electron chi connectivity index (χ2n) is 3.61. The van der Waals surface area contributed by atoms with Crippen LogP contribution in [0.15, 0.2) is 0 Å². The van der Waals surface area contributed by atoms with E-state index < -0.39 is 0 Å². The zero-order valence-electron chi connectivity index (χ0n) is 7.50. The molecular weight excluding hydrogens is 140 g/mol. The van der Waals surface area contributed by atoms with Crippen molar-refractivity contribution in [2.24, 2.45) is 5.92 Å². The Bertz CT molecular complexity index is 156. The van der Waals surface area contributed by atoms with Crippen molar-refractivity contribution in [1.29, 1.82) is 0 Å². The van der Waals surface area contributed by atoms with Gasteiger partial charge in [0.1, 0.15) is 0 Å². The van der Waals surface area contributed by atoms with E-state index in [0.29, 0.717) is 5.92 Å². The lowest BCUT2D eigenvalue weighted by atomic mass is 10.1. The van der Waals surface area contributed by atoms with Gasteiger partial charge >= 0.3 is 0 Å². The van der Waals surface area contributed by atoms with Crippen molar-refractivity contribution in [3.05, 3.63) is 0 Å². The zero-order chi connectivity index (χ0) is 8.43. The Kier molecular flexibility index (Phi) is 2.49. The molecule has 3 heteroatoms. The van der Waals surface area contributed by atoms with Crippen LogP contribution in [0.1, 0.15) is 6.42 Å². The largest absolute Gasteiger partial charge is 0.345 e. The predicted molar refractivity (Wildman–Crippen MR) is 44.3 cm³/mol. The van der Waals surface area contributed by atoms with Gasteiger partial charge < -0.3 is 9.80 Å². The van der Waals surface area contributed by atoms with Crippen LogP contribution >= 0.6 is 0 Å². The molecule has 1 unspecified atom stereocenters. The van der Waals surface area contributed by atoms with Gasteiger partial charge in [-0.25, -0.2) is 0 Å². The summed E-state index contributed by atoms with van der Waals surface area (Å²) < 4.78 is 0. The molecule has 0 radical (unpaired) electrons. The van der Waals surface area contributed by atoms with E-state index in [9.17, 15) is 4.79 Å². The van der Waals surface area contributed by atoms with E-state index >= 15 is 0 Å². The summed E-state index contributed by atoms with van der Waals surface area (Å²) in [5.41, 5.74) is 0. The molecule has 1 fully saturated rings. The Labute approximate surface area is 68.0 Å². The van der Waals surface area contributed by atoms with Crippen LogP contribution in [0.25, 0.3) is 0 Å². The first kappa shape index (κ1) is 8.53. The topological polar surface area (TPSA) is 23.6 Å². The Morgan fingerprint density at radius 3 is 2.64 bits per heavy atom. The summed E-state index contributed by atoms with van der Waals surface area (Å²) in [5, 5.41) is 0. The van der Waals surface area contributed by atoms with Crippen LogP contribution in [0, 0.1) is 5.92 Å². The molecule has 1 saturated heterocycles. The minimum absolute atomic E-state index is 0.289. The SMILES string of the molecule is CN(C)CC1CC(=O)N(C)C1. The van der Waals surface area contributed by atoms with E-state index in [4.69, 9.17) is 0 Å². The van der Waals surface area contributed by atoms with Gasteiger partial charge in [-0.05, 0) is 20.0 Å². The molecule has 0 spiro atoms. The zero-order valence-corrected chi connectivity index (χ0v) is 7.50. The molecule has 11 heavy (non-hydrogen) atoms.